The van der Waals surface area contributed by atoms with E-state index >= 15 is 0 Å². The van der Waals surface area contributed by atoms with Crippen LogP contribution in [0.15, 0.2) is 60.8 Å². The van der Waals surface area contributed by atoms with Gasteiger partial charge in [-0.05, 0) is 83.5 Å². The standard InChI is InChI=1S/C59H107NO5/c1-3-5-7-9-11-13-15-17-19-21-23-25-29-33-37-41-45-49-53-59(64)65-54-50-46-42-38-34-30-26-28-32-36-40-44-48-52-58(63)60-56(55-61)57(62)51-47-43-39-35-31-27-24-22-20-18-16-14-12-10-8-6-4-2/h13,15,19,21,28,32,40,44,47,51,56-57,61-62H,3-12,14,16-18,20,22-27,29-31,33-39,41-43,45-46,48-50,52-55H2,1-2H3,(H,60,63)/b15-13-,21-19-,32-28-,44-40-,51-47+. The number of aliphatic hydroxyl groups excluding tert-OH is 2. The van der Waals surface area contributed by atoms with Crippen molar-refractivity contribution < 1.29 is 24.5 Å². The molecular weight excluding hydrogens is 803 g/mol. The highest BCUT2D eigenvalue weighted by molar-refractivity contribution is 5.76. The zero-order chi connectivity index (χ0) is 47.2. The van der Waals surface area contributed by atoms with Gasteiger partial charge in [-0.2, -0.15) is 0 Å². The maximum absolute atomic E-state index is 12.4. The number of rotatable bonds is 51. The molecule has 0 saturated heterocycles. The first-order valence-electron chi connectivity index (χ1n) is 28.1. The van der Waals surface area contributed by atoms with Crippen molar-refractivity contribution >= 4 is 11.9 Å². The fourth-order valence-corrected chi connectivity index (χ4v) is 8.18. The number of hydrogen-bond donors (Lipinski definition) is 3. The van der Waals surface area contributed by atoms with Gasteiger partial charge in [0, 0.05) is 12.8 Å². The highest BCUT2D eigenvalue weighted by Gasteiger charge is 2.17. The summed E-state index contributed by atoms with van der Waals surface area (Å²) < 4.78 is 5.46. The minimum atomic E-state index is -0.881. The summed E-state index contributed by atoms with van der Waals surface area (Å²) in [4.78, 5) is 24.5. The van der Waals surface area contributed by atoms with E-state index in [-0.39, 0.29) is 18.5 Å². The van der Waals surface area contributed by atoms with E-state index in [0.29, 0.717) is 25.9 Å². The quantitative estimate of drug-likeness (QED) is 0.0321. The van der Waals surface area contributed by atoms with E-state index in [1.54, 1.807) is 6.08 Å². The third-order valence-electron chi connectivity index (χ3n) is 12.5. The minimum absolute atomic E-state index is 0.0265. The summed E-state index contributed by atoms with van der Waals surface area (Å²) >= 11 is 0. The number of unbranched alkanes of at least 4 members (excludes halogenated alkanes) is 32. The second-order valence-electron chi connectivity index (χ2n) is 18.9. The Morgan fingerprint density at radius 3 is 1.22 bits per heavy atom. The Morgan fingerprint density at radius 2 is 0.785 bits per heavy atom. The van der Waals surface area contributed by atoms with Crippen molar-refractivity contribution in [1.29, 1.82) is 0 Å². The molecule has 0 aliphatic carbocycles. The summed E-state index contributed by atoms with van der Waals surface area (Å²) in [6.45, 7) is 4.82. The number of ether oxygens (including phenoxy) is 1. The van der Waals surface area contributed by atoms with Crippen LogP contribution in [-0.2, 0) is 14.3 Å². The van der Waals surface area contributed by atoms with Crippen molar-refractivity contribution in [3.05, 3.63) is 60.8 Å². The monoisotopic (exact) mass is 910 g/mol. The van der Waals surface area contributed by atoms with Gasteiger partial charge in [0.25, 0.3) is 0 Å². The van der Waals surface area contributed by atoms with Gasteiger partial charge in [-0.25, -0.2) is 0 Å². The number of amides is 1. The maximum Gasteiger partial charge on any atom is 0.305 e. The van der Waals surface area contributed by atoms with Crippen LogP contribution in [0.3, 0.4) is 0 Å². The molecule has 2 unspecified atom stereocenters. The average molecular weight is 911 g/mol. The van der Waals surface area contributed by atoms with Crippen molar-refractivity contribution in [2.45, 2.75) is 289 Å². The Balaban J connectivity index is 3.58. The molecule has 0 heterocycles. The fraction of sp³-hybridized carbons (Fsp3) is 0.797. The highest BCUT2D eigenvalue weighted by atomic mass is 16.5. The molecule has 378 valence electrons. The number of carbonyl (C=O) groups is 2. The molecule has 0 radical (unpaired) electrons. The maximum atomic E-state index is 12.4. The molecule has 1 amide bonds. The van der Waals surface area contributed by atoms with Gasteiger partial charge in [0.05, 0.1) is 25.4 Å². The smallest absolute Gasteiger partial charge is 0.305 e. The van der Waals surface area contributed by atoms with Gasteiger partial charge in [0.2, 0.25) is 5.91 Å². The second-order valence-corrected chi connectivity index (χ2v) is 18.9. The zero-order valence-electron chi connectivity index (χ0n) is 43.0. The summed E-state index contributed by atoms with van der Waals surface area (Å²) in [7, 11) is 0. The predicted molar refractivity (Wildman–Crippen MR) is 282 cm³/mol. The van der Waals surface area contributed by atoms with Crippen LogP contribution in [0.5, 0.6) is 0 Å². The van der Waals surface area contributed by atoms with Gasteiger partial charge in [0.1, 0.15) is 0 Å². The lowest BCUT2D eigenvalue weighted by molar-refractivity contribution is -0.143. The molecule has 2 atom stereocenters. The van der Waals surface area contributed by atoms with Crippen molar-refractivity contribution in [3.8, 4) is 0 Å². The molecule has 65 heavy (non-hydrogen) atoms. The van der Waals surface area contributed by atoms with Gasteiger partial charge in [-0.3, -0.25) is 9.59 Å². The number of aliphatic hydroxyl groups is 2. The van der Waals surface area contributed by atoms with E-state index in [1.165, 1.54) is 186 Å². The Labute approximate surface area is 403 Å². The molecule has 3 N–H and O–H groups in total. The lowest BCUT2D eigenvalue weighted by Crippen LogP contribution is -2.45. The van der Waals surface area contributed by atoms with E-state index in [9.17, 15) is 19.8 Å². The van der Waals surface area contributed by atoms with Gasteiger partial charge in [0.15, 0.2) is 0 Å². The average Bonchev–Trinajstić information content (AvgIpc) is 3.31. The van der Waals surface area contributed by atoms with Crippen molar-refractivity contribution in [2.24, 2.45) is 0 Å². The van der Waals surface area contributed by atoms with Gasteiger partial charge in [-0.1, -0.05) is 242 Å². The molecule has 6 nitrogen and oxygen atoms in total. The SMILES string of the molecule is CCCCCC/C=C\C/C=C\CCCCCCCCCC(=O)OCCCCCCCC/C=C\C/C=C\CCC(=O)NC(CO)C(O)/C=C/CCCCCCCCCCCCCCCCC. The number of esters is 1. The number of hydrogen-bond acceptors (Lipinski definition) is 5. The summed E-state index contributed by atoms with van der Waals surface area (Å²) in [5.74, 6) is -0.176. The highest BCUT2D eigenvalue weighted by Crippen LogP contribution is 2.15. The van der Waals surface area contributed by atoms with Crippen LogP contribution in [0.4, 0.5) is 0 Å². The Bertz CT molecular complexity index is 1140. The van der Waals surface area contributed by atoms with Crippen LogP contribution < -0.4 is 5.32 Å². The van der Waals surface area contributed by atoms with Crippen LogP contribution in [-0.4, -0.2) is 47.4 Å². The summed E-state index contributed by atoms with van der Waals surface area (Å²) in [6.07, 6.45) is 69.6. The molecule has 0 aromatic rings. The molecule has 0 aromatic heterocycles. The number of allylic oxidation sites excluding steroid dienone is 9. The Kier molecular flexibility index (Phi) is 52.1. The number of nitrogens with one attached hydrogen (secondary N) is 1. The van der Waals surface area contributed by atoms with E-state index in [2.05, 4.69) is 61.7 Å². The van der Waals surface area contributed by atoms with E-state index < -0.39 is 12.1 Å². The van der Waals surface area contributed by atoms with Crippen LogP contribution in [0.2, 0.25) is 0 Å². The molecule has 0 aliphatic rings. The van der Waals surface area contributed by atoms with Crippen LogP contribution in [0.25, 0.3) is 0 Å². The first kappa shape index (κ1) is 62.6. The molecular formula is C59H107NO5. The van der Waals surface area contributed by atoms with E-state index in [4.69, 9.17) is 4.74 Å². The molecule has 0 spiro atoms. The van der Waals surface area contributed by atoms with Crippen molar-refractivity contribution in [3.63, 3.8) is 0 Å². The van der Waals surface area contributed by atoms with E-state index in [1.807, 2.05) is 12.2 Å². The summed E-state index contributed by atoms with van der Waals surface area (Å²) in [5.41, 5.74) is 0. The van der Waals surface area contributed by atoms with Gasteiger partial charge in [-0.15, -0.1) is 0 Å². The normalized spacial score (nSPS) is 13.1. The third-order valence-corrected chi connectivity index (χ3v) is 12.5. The zero-order valence-corrected chi connectivity index (χ0v) is 43.0. The second kappa shape index (κ2) is 54.2. The van der Waals surface area contributed by atoms with Crippen molar-refractivity contribution in [2.75, 3.05) is 13.2 Å². The fourth-order valence-electron chi connectivity index (χ4n) is 8.18. The lowest BCUT2D eigenvalue weighted by Gasteiger charge is -2.19. The van der Waals surface area contributed by atoms with Gasteiger partial charge < -0.3 is 20.3 Å². The minimum Gasteiger partial charge on any atom is -0.466 e. The molecule has 6 heteroatoms. The molecule has 0 rings (SSSR count). The van der Waals surface area contributed by atoms with Crippen LogP contribution >= 0.6 is 0 Å². The Morgan fingerprint density at radius 1 is 0.431 bits per heavy atom. The Hall–Kier alpha value is -2.44. The van der Waals surface area contributed by atoms with Crippen LogP contribution in [0.1, 0.15) is 277 Å². The summed E-state index contributed by atoms with van der Waals surface area (Å²) in [6, 6.07) is -0.674. The number of carbonyl (C=O) groups excluding carboxylic acids is 2. The predicted octanol–water partition coefficient (Wildman–Crippen LogP) is 17.2. The molecule has 0 bridgehead atoms. The first-order chi connectivity index (χ1) is 32.0. The van der Waals surface area contributed by atoms with E-state index in [0.717, 1.165) is 57.8 Å². The van der Waals surface area contributed by atoms with Crippen LogP contribution in [0, 0.1) is 0 Å². The topological polar surface area (TPSA) is 95.9 Å². The summed E-state index contributed by atoms with van der Waals surface area (Å²) in [5, 5.41) is 23.0. The van der Waals surface area contributed by atoms with Gasteiger partial charge >= 0.3 is 5.97 Å². The largest absolute Gasteiger partial charge is 0.466 e. The molecule has 0 aliphatic heterocycles. The third kappa shape index (κ3) is 50.8. The van der Waals surface area contributed by atoms with Crippen molar-refractivity contribution in [1.82, 2.24) is 5.32 Å². The first-order valence-corrected chi connectivity index (χ1v) is 28.1. The molecule has 0 fully saturated rings. The molecule has 0 aromatic carbocycles. The lowest BCUT2D eigenvalue weighted by atomic mass is 10.0. The molecule has 0 saturated carbocycles.